The van der Waals surface area contributed by atoms with Gasteiger partial charge in [0.25, 0.3) is 11.1 Å². The maximum atomic E-state index is 14.2. The van der Waals surface area contributed by atoms with E-state index in [4.69, 9.17) is 0 Å². The molecule has 0 spiro atoms. The maximum Gasteiger partial charge on any atom is 0.328 e. The lowest BCUT2D eigenvalue weighted by atomic mass is 10.1. The minimum absolute atomic E-state index is 0.295. The molecule has 0 saturated carbocycles. The quantitative estimate of drug-likeness (QED) is 0.136. The van der Waals surface area contributed by atoms with E-state index in [1.807, 2.05) is 0 Å². The molecule has 2 heterocycles. The van der Waals surface area contributed by atoms with Crippen LogP contribution in [0.1, 0.15) is 22.3 Å². The van der Waals surface area contributed by atoms with Crippen LogP contribution in [0.5, 0.6) is 0 Å². The van der Waals surface area contributed by atoms with Crippen LogP contribution in [-0.4, -0.2) is 19.1 Å². The number of nitrogens with zero attached hydrogens (tertiary/aromatic N) is 2. The Hall–Kier alpha value is -4.64. The van der Waals surface area contributed by atoms with Crippen molar-refractivity contribution < 1.29 is 43.9 Å². The normalized spacial score (nSPS) is 11.7. The molecule has 0 fully saturated rings. The molecule has 4 aromatic rings. The fraction of sp³-hybridized carbons (Fsp3) is 0.0769. The number of hydrogen-bond donors (Lipinski definition) is 2. The summed E-state index contributed by atoms with van der Waals surface area (Å²) in [7, 11) is 0. The Morgan fingerprint density at radius 2 is 0.957 bits per heavy atom. The van der Waals surface area contributed by atoms with E-state index in [0.29, 0.717) is 21.5 Å². The number of aromatic amines is 2. The van der Waals surface area contributed by atoms with Crippen molar-refractivity contribution in [1.82, 2.24) is 19.1 Å². The van der Waals surface area contributed by atoms with Crippen molar-refractivity contribution in [1.29, 1.82) is 0 Å². The molecule has 0 saturated heterocycles. The number of H-pyrrole nitrogens is 2. The number of rotatable bonds is 5. The molecule has 0 radical (unpaired) electrons. The van der Waals surface area contributed by atoms with E-state index in [1.165, 1.54) is 0 Å². The van der Waals surface area contributed by atoms with Gasteiger partial charge in [-0.3, -0.25) is 28.7 Å². The summed E-state index contributed by atoms with van der Waals surface area (Å²) in [6.45, 7) is -2.48. The first-order valence-electron chi connectivity index (χ1n) is 11.7. The standard InChI is InChI=1S/C26H8Br2F10N4O4/c27-11(2-1-7-3-41(25(45)39-23(7)43)5-9-13(29)17(33)21(37)18(34)14(9)30)12(28)8-4-42(26(46)40-24(8)44)6-10-15(31)19(35)22(38)20(36)16(10)32/h3-4H,5-6H2,(H,39,43,45)(H,40,44,46). The van der Waals surface area contributed by atoms with Crippen LogP contribution in [0, 0.1) is 70.0 Å². The Morgan fingerprint density at radius 3 is 1.39 bits per heavy atom. The molecule has 0 aliphatic carbocycles. The Labute approximate surface area is 262 Å². The monoisotopic (exact) mass is 788 g/mol. The molecular weight excluding hydrogens is 782 g/mol. The number of nitrogens with one attached hydrogen (secondary N) is 2. The first-order chi connectivity index (χ1) is 21.5. The highest BCUT2D eigenvalue weighted by Crippen LogP contribution is 2.27. The van der Waals surface area contributed by atoms with E-state index in [0.717, 1.165) is 0 Å². The van der Waals surface area contributed by atoms with Crippen molar-refractivity contribution >= 4 is 36.3 Å². The lowest BCUT2D eigenvalue weighted by Crippen LogP contribution is -2.32. The summed E-state index contributed by atoms with van der Waals surface area (Å²) in [5.74, 6) is -18.4. The smallest absolute Gasteiger partial charge is 0.295 e. The number of hydrogen-bond acceptors (Lipinski definition) is 4. The van der Waals surface area contributed by atoms with Gasteiger partial charge >= 0.3 is 11.4 Å². The summed E-state index contributed by atoms with van der Waals surface area (Å²) >= 11 is 5.90. The summed E-state index contributed by atoms with van der Waals surface area (Å²) in [5, 5.41) is 0. The first-order valence-corrected chi connectivity index (χ1v) is 13.3. The Kier molecular flexibility index (Phi) is 9.67. The highest BCUT2D eigenvalue weighted by Gasteiger charge is 2.27. The van der Waals surface area contributed by atoms with Crippen molar-refractivity contribution in [2.45, 2.75) is 13.1 Å². The number of aromatic nitrogens is 4. The summed E-state index contributed by atoms with van der Waals surface area (Å²) in [6.07, 6.45) is 1.29. The highest BCUT2D eigenvalue weighted by molar-refractivity contribution is 9.16. The minimum atomic E-state index is -2.44. The van der Waals surface area contributed by atoms with Gasteiger partial charge in [-0.15, -0.1) is 0 Å². The van der Waals surface area contributed by atoms with E-state index in [1.54, 1.807) is 9.97 Å². The van der Waals surface area contributed by atoms with Gasteiger partial charge in [-0.05, 0) is 31.9 Å². The van der Waals surface area contributed by atoms with Crippen LogP contribution >= 0.6 is 31.9 Å². The Morgan fingerprint density at radius 1 is 0.587 bits per heavy atom. The van der Waals surface area contributed by atoms with Crippen molar-refractivity contribution in [2.75, 3.05) is 0 Å². The topological polar surface area (TPSA) is 110 Å². The average Bonchev–Trinajstić information content (AvgIpc) is 3.02. The highest BCUT2D eigenvalue weighted by atomic mass is 79.9. The van der Waals surface area contributed by atoms with Gasteiger partial charge < -0.3 is 0 Å². The lowest BCUT2D eigenvalue weighted by molar-refractivity contribution is 0.367. The number of allylic oxidation sites excluding steroid dienone is 1. The average molecular weight is 790 g/mol. The molecule has 0 aliphatic heterocycles. The molecule has 20 heteroatoms. The van der Waals surface area contributed by atoms with E-state index in [2.05, 4.69) is 43.7 Å². The Bertz CT molecular complexity index is 2240. The molecule has 0 unspecified atom stereocenters. The van der Waals surface area contributed by atoms with Gasteiger partial charge in [-0.1, -0.05) is 11.8 Å². The van der Waals surface area contributed by atoms with Crippen molar-refractivity contribution in [3.05, 3.63) is 139 Å². The third kappa shape index (κ3) is 6.24. The van der Waals surface area contributed by atoms with Crippen LogP contribution in [0.4, 0.5) is 43.9 Å². The van der Waals surface area contributed by atoms with Crippen LogP contribution in [-0.2, 0) is 13.1 Å². The summed E-state index contributed by atoms with van der Waals surface area (Å²) < 4.78 is 138. The van der Waals surface area contributed by atoms with Crippen LogP contribution < -0.4 is 22.5 Å². The SMILES string of the molecule is O=c1[nH]c(=O)n(Cc2c(F)c(F)c(F)c(F)c2F)cc1C#CC(Br)=C(Br)c1cn(Cc2c(F)c(F)c(F)c(F)c2F)c(=O)[nH]c1=O. The third-order valence-corrected chi connectivity index (χ3v) is 7.97. The predicted molar refractivity (Wildman–Crippen MR) is 145 cm³/mol. The van der Waals surface area contributed by atoms with Crippen molar-refractivity contribution in [3.8, 4) is 11.8 Å². The van der Waals surface area contributed by atoms with E-state index < -0.39 is 116 Å². The molecule has 46 heavy (non-hydrogen) atoms. The summed E-state index contributed by atoms with van der Waals surface area (Å²) in [6, 6.07) is 0. The van der Waals surface area contributed by atoms with E-state index in [-0.39, 0.29) is 8.96 Å². The van der Waals surface area contributed by atoms with Crippen LogP contribution in [0.15, 0.2) is 36.1 Å². The zero-order valence-corrected chi connectivity index (χ0v) is 24.8. The second-order valence-electron chi connectivity index (χ2n) is 8.83. The lowest BCUT2D eigenvalue weighted by Gasteiger charge is -2.11. The molecule has 8 nitrogen and oxygen atoms in total. The molecule has 0 atom stereocenters. The van der Waals surface area contributed by atoms with Crippen LogP contribution in [0.3, 0.4) is 0 Å². The van der Waals surface area contributed by atoms with Gasteiger partial charge in [0.05, 0.1) is 27.6 Å². The maximum absolute atomic E-state index is 14.2. The summed E-state index contributed by atoms with van der Waals surface area (Å²) in [5.41, 5.74) is -8.87. The molecule has 0 amide bonds. The number of halogens is 12. The third-order valence-electron chi connectivity index (χ3n) is 6.02. The summed E-state index contributed by atoms with van der Waals surface area (Å²) in [4.78, 5) is 52.6. The molecule has 2 aromatic carbocycles. The van der Waals surface area contributed by atoms with Crippen molar-refractivity contribution in [3.63, 3.8) is 0 Å². The van der Waals surface area contributed by atoms with Crippen LogP contribution in [0.25, 0.3) is 4.48 Å². The molecule has 240 valence electrons. The molecule has 0 bridgehead atoms. The van der Waals surface area contributed by atoms with Gasteiger partial charge in [0.15, 0.2) is 46.5 Å². The molecule has 2 N–H and O–H groups in total. The fourth-order valence-electron chi connectivity index (χ4n) is 3.71. The van der Waals surface area contributed by atoms with E-state index >= 15 is 0 Å². The van der Waals surface area contributed by atoms with Gasteiger partial charge in [0.2, 0.25) is 11.6 Å². The molecule has 0 aliphatic rings. The fourth-order valence-corrected chi connectivity index (χ4v) is 4.41. The second-order valence-corrected chi connectivity index (χ2v) is 10.4. The van der Waals surface area contributed by atoms with Gasteiger partial charge in [0.1, 0.15) is 5.56 Å². The van der Waals surface area contributed by atoms with Crippen LogP contribution in [0.2, 0.25) is 0 Å². The minimum Gasteiger partial charge on any atom is -0.295 e. The largest absolute Gasteiger partial charge is 0.328 e. The number of benzene rings is 2. The van der Waals surface area contributed by atoms with Gasteiger partial charge in [-0.2, -0.15) is 0 Å². The zero-order chi connectivity index (χ0) is 34.4. The molecular formula is C26H8Br2F10N4O4. The Balaban J connectivity index is 1.74. The second kappa shape index (κ2) is 13.0. The van der Waals surface area contributed by atoms with Gasteiger partial charge in [0, 0.05) is 23.5 Å². The molecule has 2 aromatic heterocycles. The molecule has 4 rings (SSSR count). The van der Waals surface area contributed by atoms with Crippen molar-refractivity contribution in [2.24, 2.45) is 0 Å². The first kappa shape index (κ1) is 34.2. The van der Waals surface area contributed by atoms with Gasteiger partial charge in [-0.25, -0.2) is 53.5 Å². The predicted octanol–water partition coefficient (Wildman–Crippen LogP) is 4.38. The van der Waals surface area contributed by atoms with E-state index in [9.17, 15) is 63.1 Å². The zero-order valence-electron chi connectivity index (χ0n) is 21.6.